The highest BCUT2D eigenvalue weighted by atomic mass is 19.4. The van der Waals surface area contributed by atoms with Crippen LogP contribution in [0, 0.1) is 11.8 Å². The van der Waals surface area contributed by atoms with Crippen molar-refractivity contribution in [3.05, 3.63) is 34.3 Å². The van der Waals surface area contributed by atoms with Crippen LogP contribution in [0.5, 0.6) is 0 Å². The zero-order valence-electron chi connectivity index (χ0n) is 14.2. The number of aromatic amines is 1. The summed E-state index contributed by atoms with van der Waals surface area (Å²) >= 11 is 0. The minimum absolute atomic E-state index is 0.0913. The molecule has 0 bridgehead atoms. The lowest BCUT2D eigenvalue weighted by molar-refractivity contribution is -0.143. The van der Waals surface area contributed by atoms with Crippen molar-refractivity contribution in [1.82, 2.24) is 10.2 Å². The fourth-order valence-electron chi connectivity index (χ4n) is 3.29. The Labute approximate surface area is 151 Å². The van der Waals surface area contributed by atoms with E-state index in [4.69, 9.17) is 9.52 Å². The first-order valence-electron chi connectivity index (χ1n) is 8.48. The summed E-state index contributed by atoms with van der Waals surface area (Å²) in [5.41, 5.74) is -0.729. The van der Waals surface area contributed by atoms with Gasteiger partial charge < -0.3 is 14.8 Å². The fourth-order valence-corrected chi connectivity index (χ4v) is 3.29. The first kappa shape index (κ1) is 19.0. The Bertz CT molecular complexity index is 867. The van der Waals surface area contributed by atoms with Gasteiger partial charge in [0.05, 0.1) is 11.5 Å². The molecular weight excluding hydrogens is 367 g/mol. The van der Waals surface area contributed by atoms with E-state index in [-0.39, 0.29) is 29.0 Å². The van der Waals surface area contributed by atoms with Crippen molar-refractivity contribution in [2.24, 2.45) is 11.8 Å². The molecule has 0 aliphatic heterocycles. The van der Waals surface area contributed by atoms with Crippen molar-refractivity contribution in [2.45, 2.75) is 31.9 Å². The highest BCUT2D eigenvalue weighted by molar-refractivity contribution is 5.70. The van der Waals surface area contributed by atoms with Crippen molar-refractivity contribution in [1.29, 1.82) is 0 Å². The molecule has 3 rings (SSSR count). The smallest absolute Gasteiger partial charge is 0.434 e. The average Bonchev–Trinajstić information content (AvgIpc) is 3.05. The number of alkyl halides is 3. The van der Waals surface area contributed by atoms with Gasteiger partial charge >= 0.3 is 17.9 Å². The number of benzene rings is 1. The summed E-state index contributed by atoms with van der Waals surface area (Å²) in [5.74, 6) is -2.01. The molecule has 1 aromatic heterocycles. The number of nitrogens with zero attached hydrogens (tertiary/aromatic N) is 1. The van der Waals surface area contributed by atoms with Gasteiger partial charge in [-0.2, -0.15) is 13.2 Å². The van der Waals surface area contributed by atoms with Crippen LogP contribution in [0.25, 0.3) is 11.5 Å². The fraction of sp³-hybridized carbons (Fsp3) is 0.471. The normalized spacial score (nSPS) is 20.4. The van der Waals surface area contributed by atoms with E-state index in [0.29, 0.717) is 32.2 Å². The molecule has 0 amide bonds. The summed E-state index contributed by atoms with van der Waals surface area (Å²) in [6.07, 6.45) is -2.23. The molecule has 1 aromatic carbocycles. The van der Waals surface area contributed by atoms with Gasteiger partial charge in [0.15, 0.2) is 0 Å². The molecular formula is C17H18F3N3O4. The molecule has 0 atom stereocenters. The summed E-state index contributed by atoms with van der Waals surface area (Å²) in [5, 5.41) is 17.5. The van der Waals surface area contributed by atoms with E-state index in [0.717, 1.165) is 6.07 Å². The molecule has 1 aliphatic carbocycles. The third-order valence-corrected chi connectivity index (χ3v) is 4.79. The van der Waals surface area contributed by atoms with Gasteiger partial charge in [-0.3, -0.25) is 4.79 Å². The lowest BCUT2D eigenvalue weighted by Gasteiger charge is -2.27. The van der Waals surface area contributed by atoms with E-state index in [1.807, 2.05) is 0 Å². The topological polar surface area (TPSA) is 108 Å². The van der Waals surface area contributed by atoms with Crippen LogP contribution in [0.15, 0.2) is 27.4 Å². The Morgan fingerprint density at radius 1 is 1.30 bits per heavy atom. The van der Waals surface area contributed by atoms with E-state index in [1.165, 1.54) is 12.1 Å². The number of hydrogen-bond donors (Lipinski definition) is 3. The summed E-state index contributed by atoms with van der Waals surface area (Å²) in [6.45, 7) is 0.295. The van der Waals surface area contributed by atoms with Crippen molar-refractivity contribution < 1.29 is 27.5 Å². The molecule has 2 aromatic rings. The van der Waals surface area contributed by atoms with Gasteiger partial charge in [-0.15, -0.1) is 5.10 Å². The second kappa shape index (κ2) is 7.45. The molecule has 0 saturated heterocycles. The van der Waals surface area contributed by atoms with Crippen LogP contribution in [-0.4, -0.2) is 27.8 Å². The second-order valence-corrected chi connectivity index (χ2v) is 6.61. The van der Waals surface area contributed by atoms with E-state index in [2.05, 4.69) is 15.5 Å². The number of H-pyrrole nitrogens is 1. The van der Waals surface area contributed by atoms with Crippen molar-refractivity contribution >= 4 is 11.7 Å². The van der Waals surface area contributed by atoms with Gasteiger partial charge in [0.1, 0.15) is 0 Å². The largest absolute Gasteiger partial charge is 0.481 e. The number of anilines is 1. The van der Waals surface area contributed by atoms with Crippen LogP contribution in [0.1, 0.15) is 31.2 Å². The molecule has 146 valence electrons. The first-order chi connectivity index (χ1) is 12.7. The van der Waals surface area contributed by atoms with Crippen LogP contribution >= 0.6 is 0 Å². The van der Waals surface area contributed by atoms with Crippen LogP contribution in [0.2, 0.25) is 0 Å². The monoisotopic (exact) mass is 385 g/mol. The van der Waals surface area contributed by atoms with Gasteiger partial charge in [0.2, 0.25) is 5.89 Å². The van der Waals surface area contributed by atoms with Crippen LogP contribution in [-0.2, 0) is 11.0 Å². The molecule has 0 unspecified atom stereocenters. The minimum atomic E-state index is -4.55. The standard InChI is InChI=1S/C17H18F3N3O4/c18-17(19,20)12-6-5-11(14-22-23-16(26)27-14)7-13(12)21-8-9-1-3-10(4-2-9)15(24)25/h5-7,9-10,21H,1-4,8H2,(H,23,26)(H,24,25)/t9-,10-. The van der Waals surface area contributed by atoms with Gasteiger partial charge in [0, 0.05) is 17.8 Å². The average molecular weight is 385 g/mol. The van der Waals surface area contributed by atoms with Crippen molar-refractivity contribution in [2.75, 3.05) is 11.9 Å². The predicted octanol–water partition coefficient (Wildman–Crippen LogP) is 3.35. The van der Waals surface area contributed by atoms with Crippen LogP contribution in [0.4, 0.5) is 18.9 Å². The second-order valence-electron chi connectivity index (χ2n) is 6.61. The summed E-state index contributed by atoms with van der Waals surface area (Å²) in [7, 11) is 0. The summed E-state index contributed by atoms with van der Waals surface area (Å²) in [6, 6.07) is 3.34. The quantitative estimate of drug-likeness (QED) is 0.728. The number of aliphatic carboxylic acids is 1. The van der Waals surface area contributed by atoms with Crippen LogP contribution in [0.3, 0.4) is 0 Å². The maximum Gasteiger partial charge on any atom is 0.434 e. The molecule has 1 aliphatic rings. The number of carboxylic acids is 1. The molecule has 3 N–H and O–H groups in total. The molecule has 10 heteroatoms. The number of hydrogen-bond acceptors (Lipinski definition) is 5. The SMILES string of the molecule is O=c1[nH]nc(-c2ccc(C(F)(F)F)c(NC[C@H]3CC[C@H](C(=O)O)CC3)c2)o1. The number of aromatic nitrogens is 2. The third-order valence-electron chi connectivity index (χ3n) is 4.79. The van der Waals surface area contributed by atoms with Gasteiger partial charge in [-0.25, -0.2) is 9.89 Å². The number of halogens is 3. The minimum Gasteiger partial charge on any atom is -0.481 e. The molecule has 0 spiro atoms. The van der Waals surface area contributed by atoms with Gasteiger partial charge in [0.25, 0.3) is 0 Å². The Morgan fingerprint density at radius 2 is 2.00 bits per heavy atom. The van der Waals surface area contributed by atoms with Gasteiger partial charge in [-0.05, 0) is 49.8 Å². The van der Waals surface area contributed by atoms with E-state index >= 15 is 0 Å². The molecule has 1 fully saturated rings. The van der Waals surface area contributed by atoms with Crippen molar-refractivity contribution in [3.63, 3.8) is 0 Å². The number of carboxylic acid groups (broad SMARTS) is 1. The maximum absolute atomic E-state index is 13.3. The van der Waals surface area contributed by atoms with E-state index in [1.54, 1.807) is 0 Å². The highest BCUT2D eigenvalue weighted by Gasteiger charge is 2.34. The Hall–Kier alpha value is -2.78. The van der Waals surface area contributed by atoms with Gasteiger partial charge in [-0.1, -0.05) is 0 Å². The Balaban J connectivity index is 1.76. The number of carbonyl (C=O) groups is 1. The zero-order valence-corrected chi connectivity index (χ0v) is 14.2. The maximum atomic E-state index is 13.3. The highest BCUT2D eigenvalue weighted by Crippen LogP contribution is 2.37. The Kier molecular flexibility index (Phi) is 5.24. The van der Waals surface area contributed by atoms with E-state index in [9.17, 15) is 22.8 Å². The molecule has 1 heterocycles. The summed E-state index contributed by atoms with van der Waals surface area (Å²) < 4.78 is 44.7. The first-order valence-corrected chi connectivity index (χ1v) is 8.48. The molecule has 0 radical (unpaired) electrons. The Morgan fingerprint density at radius 3 is 2.56 bits per heavy atom. The third kappa shape index (κ3) is 4.50. The molecule has 7 nitrogen and oxygen atoms in total. The van der Waals surface area contributed by atoms with Crippen molar-refractivity contribution in [3.8, 4) is 11.5 Å². The summed E-state index contributed by atoms with van der Waals surface area (Å²) in [4.78, 5) is 22.0. The van der Waals surface area contributed by atoms with E-state index < -0.39 is 23.5 Å². The number of nitrogens with one attached hydrogen (secondary N) is 2. The van der Waals surface area contributed by atoms with Crippen LogP contribution < -0.4 is 11.1 Å². The predicted molar refractivity (Wildman–Crippen MR) is 89.1 cm³/mol. The molecule has 27 heavy (non-hydrogen) atoms. The number of rotatable bonds is 5. The molecule has 1 saturated carbocycles. The zero-order chi connectivity index (χ0) is 19.6. The lowest BCUT2D eigenvalue weighted by atomic mass is 9.82. The lowest BCUT2D eigenvalue weighted by Crippen LogP contribution is -2.25.